The zero-order valence-corrected chi connectivity index (χ0v) is 17.2. The van der Waals surface area contributed by atoms with Crippen LogP contribution < -0.4 is 10.2 Å². The van der Waals surface area contributed by atoms with Gasteiger partial charge < -0.3 is 9.42 Å². The van der Waals surface area contributed by atoms with Gasteiger partial charge in [0.2, 0.25) is 11.8 Å². The topological polar surface area (TPSA) is 101 Å². The third kappa shape index (κ3) is 3.98. The van der Waals surface area contributed by atoms with Crippen LogP contribution in [0.2, 0.25) is 0 Å². The van der Waals surface area contributed by atoms with Gasteiger partial charge in [0.25, 0.3) is 0 Å². The second-order valence-electron chi connectivity index (χ2n) is 7.70. The minimum Gasteiger partial charge on any atom is -0.355 e. The molecule has 9 nitrogen and oxygen atoms in total. The standard InChI is InChI=1S/C22H23N7O2/c1-2-15-3-5-16(6-4-15)18-13-21(31-27-18)24-22(30)17-9-11-28(12-10-17)20-8-7-19-25-23-14-29(19)26-20/h3-8,13-14,17H,2,9-12H2,1H3,(H,24,30). The van der Waals surface area contributed by atoms with Crippen molar-refractivity contribution in [3.05, 3.63) is 54.4 Å². The Morgan fingerprint density at radius 2 is 1.97 bits per heavy atom. The minimum absolute atomic E-state index is 0.0362. The molecule has 0 radical (unpaired) electrons. The van der Waals surface area contributed by atoms with E-state index in [0.717, 1.165) is 43.7 Å². The molecule has 1 N–H and O–H groups in total. The van der Waals surface area contributed by atoms with Crippen molar-refractivity contribution in [2.24, 2.45) is 5.92 Å². The molecule has 5 rings (SSSR count). The summed E-state index contributed by atoms with van der Waals surface area (Å²) in [6.45, 7) is 3.63. The van der Waals surface area contributed by atoms with E-state index in [0.29, 0.717) is 17.2 Å². The van der Waals surface area contributed by atoms with Gasteiger partial charge in [0, 0.05) is 30.6 Å². The molecule has 0 spiro atoms. The van der Waals surface area contributed by atoms with Gasteiger partial charge in [-0.2, -0.15) is 4.52 Å². The van der Waals surface area contributed by atoms with Crippen LogP contribution in [0.5, 0.6) is 0 Å². The van der Waals surface area contributed by atoms with Gasteiger partial charge in [-0.3, -0.25) is 10.1 Å². The molecular formula is C22H23N7O2. The van der Waals surface area contributed by atoms with Crippen LogP contribution in [0.4, 0.5) is 11.7 Å². The van der Waals surface area contributed by atoms with E-state index < -0.39 is 0 Å². The zero-order valence-electron chi connectivity index (χ0n) is 17.2. The Labute approximate surface area is 179 Å². The van der Waals surface area contributed by atoms with Crippen molar-refractivity contribution in [3.8, 4) is 11.3 Å². The Kier molecular flexibility index (Phi) is 5.07. The largest absolute Gasteiger partial charge is 0.355 e. The molecule has 1 amide bonds. The van der Waals surface area contributed by atoms with Crippen LogP contribution >= 0.6 is 0 Å². The first-order chi connectivity index (χ1) is 15.2. The first-order valence-electron chi connectivity index (χ1n) is 10.5. The Bertz CT molecular complexity index is 1190. The molecule has 4 heterocycles. The fraction of sp³-hybridized carbons (Fsp3) is 0.318. The van der Waals surface area contributed by atoms with E-state index >= 15 is 0 Å². The lowest BCUT2D eigenvalue weighted by atomic mass is 9.96. The van der Waals surface area contributed by atoms with Gasteiger partial charge in [-0.05, 0) is 37.0 Å². The first-order valence-corrected chi connectivity index (χ1v) is 10.5. The maximum atomic E-state index is 12.7. The summed E-state index contributed by atoms with van der Waals surface area (Å²) in [5, 5.41) is 19.3. The summed E-state index contributed by atoms with van der Waals surface area (Å²) in [5.74, 6) is 1.13. The van der Waals surface area contributed by atoms with E-state index in [-0.39, 0.29) is 11.8 Å². The van der Waals surface area contributed by atoms with Crippen LogP contribution in [0, 0.1) is 5.92 Å². The number of hydrogen-bond acceptors (Lipinski definition) is 7. The molecule has 158 valence electrons. The van der Waals surface area contributed by atoms with Crippen molar-refractivity contribution in [1.29, 1.82) is 0 Å². The first kappa shape index (κ1) is 19.2. The van der Waals surface area contributed by atoms with Crippen molar-refractivity contribution < 1.29 is 9.32 Å². The van der Waals surface area contributed by atoms with Gasteiger partial charge in [0.1, 0.15) is 17.8 Å². The number of amides is 1. The van der Waals surface area contributed by atoms with Gasteiger partial charge in [-0.25, -0.2) is 0 Å². The Balaban J connectivity index is 1.18. The van der Waals surface area contributed by atoms with E-state index in [1.54, 1.807) is 16.9 Å². The number of piperidine rings is 1. The molecule has 0 saturated carbocycles. The lowest BCUT2D eigenvalue weighted by molar-refractivity contribution is -0.120. The van der Waals surface area contributed by atoms with Crippen molar-refractivity contribution >= 4 is 23.3 Å². The number of fused-ring (bicyclic) bond motifs is 1. The maximum Gasteiger partial charge on any atom is 0.231 e. The zero-order chi connectivity index (χ0) is 21.2. The average molecular weight is 417 g/mol. The van der Waals surface area contributed by atoms with Crippen LogP contribution in [-0.4, -0.2) is 44.0 Å². The van der Waals surface area contributed by atoms with E-state index in [9.17, 15) is 4.79 Å². The van der Waals surface area contributed by atoms with E-state index in [2.05, 4.69) is 49.7 Å². The number of anilines is 2. The summed E-state index contributed by atoms with van der Waals surface area (Å²) in [6, 6.07) is 13.8. The molecule has 0 atom stereocenters. The number of benzene rings is 1. The summed E-state index contributed by atoms with van der Waals surface area (Å²) < 4.78 is 7.00. The summed E-state index contributed by atoms with van der Waals surface area (Å²) >= 11 is 0. The smallest absolute Gasteiger partial charge is 0.231 e. The predicted molar refractivity (Wildman–Crippen MR) is 116 cm³/mol. The third-order valence-corrected chi connectivity index (χ3v) is 5.75. The molecule has 1 aliphatic rings. The molecule has 0 bridgehead atoms. The number of hydrogen-bond donors (Lipinski definition) is 1. The SMILES string of the molecule is CCc1ccc(-c2cc(NC(=O)C3CCN(c4ccc5nncn5n4)CC3)on2)cc1. The summed E-state index contributed by atoms with van der Waals surface area (Å²) in [6.07, 6.45) is 4.06. The normalized spacial score (nSPS) is 14.8. The maximum absolute atomic E-state index is 12.7. The number of carbonyl (C=O) groups excluding carboxylic acids is 1. The lowest BCUT2D eigenvalue weighted by Gasteiger charge is -2.31. The number of nitrogens with zero attached hydrogens (tertiary/aromatic N) is 6. The molecule has 0 unspecified atom stereocenters. The number of nitrogens with one attached hydrogen (secondary N) is 1. The Hall–Kier alpha value is -3.75. The Morgan fingerprint density at radius 3 is 2.74 bits per heavy atom. The predicted octanol–water partition coefficient (Wildman–Crippen LogP) is 3.20. The van der Waals surface area contributed by atoms with Crippen LogP contribution in [0.1, 0.15) is 25.3 Å². The summed E-state index contributed by atoms with van der Waals surface area (Å²) in [7, 11) is 0. The molecule has 1 aromatic carbocycles. The monoisotopic (exact) mass is 417 g/mol. The van der Waals surface area contributed by atoms with Crippen LogP contribution in [0.3, 0.4) is 0 Å². The third-order valence-electron chi connectivity index (χ3n) is 5.75. The van der Waals surface area contributed by atoms with Gasteiger partial charge in [0.15, 0.2) is 5.65 Å². The van der Waals surface area contributed by atoms with Crippen molar-refractivity contribution in [1.82, 2.24) is 25.0 Å². The molecule has 1 fully saturated rings. The molecule has 3 aromatic heterocycles. The number of aromatic nitrogens is 5. The minimum atomic E-state index is -0.0766. The fourth-order valence-corrected chi connectivity index (χ4v) is 3.86. The number of carbonyl (C=O) groups is 1. The summed E-state index contributed by atoms with van der Waals surface area (Å²) in [5.41, 5.74) is 3.66. The van der Waals surface area contributed by atoms with Crippen LogP contribution in [0.25, 0.3) is 16.9 Å². The second kappa shape index (κ2) is 8.17. The van der Waals surface area contributed by atoms with Crippen molar-refractivity contribution in [2.75, 3.05) is 23.3 Å². The highest BCUT2D eigenvalue weighted by atomic mass is 16.5. The molecule has 31 heavy (non-hydrogen) atoms. The molecule has 0 aliphatic carbocycles. The molecular weight excluding hydrogens is 394 g/mol. The van der Waals surface area contributed by atoms with Gasteiger partial charge in [0.05, 0.1) is 0 Å². The van der Waals surface area contributed by atoms with E-state index in [4.69, 9.17) is 4.52 Å². The highest BCUT2D eigenvalue weighted by Crippen LogP contribution is 2.25. The Morgan fingerprint density at radius 1 is 1.16 bits per heavy atom. The van der Waals surface area contributed by atoms with Gasteiger partial charge in [-0.15, -0.1) is 15.3 Å². The quantitative estimate of drug-likeness (QED) is 0.532. The second-order valence-corrected chi connectivity index (χ2v) is 7.70. The van der Waals surface area contributed by atoms with Crippen LogP contribution in [0.15, 0.2) is 53.3 Å². The lowest BCUT2D eigenvalue weighted by Crippen LogP contribution is -2.38. The van der Waals surface area contributed by atoms with Crippen molar-refractivity contribution in [3.63, 3.8) is 0 Å². The number of rotatable bonds is 5. The van der Waals surface area contributed by atoms with Gasteiger partial charge >= 0.3 is 0 Å². The molecule has 9 heteroatoms. The average Bonchev–Trinajstić information content (AvgIpc) is 3.48. The molecule has 4 aromatic rings. The van der Waals surface area contributed by atoms with E-state index in [1.807, 2.05) is 24.3 Å². The summed E-state index contributed by atoms with van der Waals surface area (Å²) in [4.78, 5) is 14.9. The highest BCUT2D eigenvalue weighted by molar-refractivity contribution is 5.91. The highest BCUT2D eigenvalue weighted by Gasteiger charge is 2.26. The van der Waals surface area contributed by atoms with Crippen molar-refractivity contribution in [2.45, 2.75) is 26.2 Å². The van der Waals surface area contributed by atoms with E-state index in [1.165, 1.54) is 5.56 Å². The van der Waals surface area contributed by atoms with Crippen LogP contribution in [-0.2, 0) is 11.2 Å². The molecule has 1 saturated heterocycles. The molecule has 1 aliphatic heterocycles. The van der Waals surface area contributed by atoms with Gasteiger partial charge in [-0.1, -0.05) is 36.3 Å². The number of aryl methyl sites for hydroxylation is 1. The fourth-order valence-electron chi connectivity index (χ4n) is 3.86.